The van der Waals surface area contributed by atoms with Crippen molar-refractivity contribution < 1.29 is 14.3 Å². The molecule has 5 nitrogen and oxygen atoms in total. The predicted molar refractivity (Wildman–Crippen MR) is 135 cm³/mol. The van der Waals surface area contributed by atoms with Gasteiger partial charge in [0, 0.05) is 11.1 Å². The Morgan fingerprint density at radius 3 is 1.77 bits per heavy atom. The molecule has 0 radical (unpaired) electrons. The molecule has 6 rings (SSSR count). The Bertz CT molecular complexity index is 1170. The molecule has 0 aromatic heterocycles. The smallest absolute Gasteiger partial charge is 0.281 e. The molecule has 3 atom stereocenters. The SMILES string of the molecule is CC1(C)COC2(N1)ON(C(C)(C)C)C(c1ccccc1)C21OC1(c1ccccc1)c1ccccc1. The molecule has 3 unspecified atom stereocenters. The van der Waals surface area contributed by atoms with E-state index >= 15 is 0 Å². The second-order valence-electron chi connectivity index (χ2n) is 11.6. The second-order valence-corrected chi connectivity index (χ2v) is 11.6. The van der Waals surface area contributed by atoms with Gasteiger partial charge in [-0.15, -0.1) is 0 Å². The van der Waals surface area contributed by atoms with Gasteiger partial charge in [-0.1, -0.05) is 91.0 Å². The minimum Gasteiger partial charge on any atom is -0.342 e. The standard InChI is InChI=1S/C30H34N2O3/c1-26(2,3)32-25(22-15-9-6-10-16-22)29(30(35-32)31-27(4,5)21-33-30)28(34-29,23-17-11-7-12-18-23)24-19-13-8-14-20-24/h6-20,25,31H,21H2,1-5H3. The zero-order valence-corrected chi connectivity index (χ0v) is 21.1. The monoisotopic (exact) mass is 470 g/mol. The largest absolute Gasteiger partial charge is 0.342 e. The maximum atomic E-state index is 7.19. The Hall–Kier alpha value is -2.54. The van der Waals surface area contributed by atoms with E-state index in [9.17, 15) is 0 Å². The Balaban J connectivity index is 1.66. The summed E-state index contributed by atoms with van der Waals surface area (Å²) in [6.07, 6.45) is 0. The molecule has 3 fully saturated rings. The van der Waals surface area contributed by atoms with Gasteiger partial charge in [0.25, 0.3) is 5.91 Å². The van der Waals surface area contributed by atoms with Crippen LogP contribution in [0, 0.1) is 0 Å². The molecule has 0 bridgehead atoms. The molecule has 2 spiro atoms. The highest BCUT2D eigenvalue weighted by Crippen LogP contribution is 2.75. The predicted octanol–water partition coefficient (Wildman–Crippen LogP) is 5.54. The van der Waals surface area contributed by atoms with E-state index in [4.69, 9.17) is 14.3 Å². The summed E-state index contributed by atoms with van der Waals surface area (Å²) >= 11 is 0. The molecular weight excluding hydrogens is 436 g/mol. The summed E-state index contributed by atoms with van der Waals surface area (Å²) in [6, 6.07) is 31.3. The van der Waals surface area contributed by atoms with Gasteiger partial charge in [0.15, 0.2) is 11.2 Å². The van der Waals surface area contributed by atoms with Gasteiger partial charge >= 0.3 is 0 Å². The molecule has 182 valence electrons. The second kappa shape index (κ2) is 7.48. The van der Waals surface area contributed by atoms with Gasteiger partial charge in [-0.25, -0.2) is 4.84 Å². The van der Waals surface area contributed by atoms with E-state index in [-0.39, 0.29) is 17.1 Å². The maximum absolute atomic E-state index is 7.19. The fraction of sp³-hybridized carbons (Fsp3) is 0.400. The van der Waals surface area contributed by atoms with Crippen LogP contribution in [0.25, 0.3) is 0 Å². The molecule has 3 heterocycles. The molecule has 5 heteroatoms. The minimum absolute atomic E-state index is 0.231. The van der Waals surface area contributed by atoms with Crippen LogP contribution in [-0.4, -0.2) is 34.3 Å². The highest BCUT2D eigenvalue weighted by atomic mass is 16.9. The lowest BCUT2D eigenvalue weighted by Crippen LogP contribution is -2.59. The molecule has 3 saturated heterocycles. The lowest BCUT2D eigenvalue weighted by atomic mass is 9.73. The molecule has 0 amide bonds. The number of epoxide rings is 1. The first kappa shape index (κ1) is 22.9. The Labute approximate surface area is 208 Å². The summed E-state index contributed by atoms with van der Waals surface area (Å²) in [5.74, 6) is -1.17. The number of rotatable bonds is 3. The van der Waals surface area contributed by atoms with Crippen LogP contribution in [-0.2, 0) is 19.9 Å². The lowest BCUT2D eigenvalue weighted by Gasteiger charge is -2.35. The molecule has 35 heavy (non-hydrogen) atoms. The van der Waals surface area contributed by atoms with Crippen LogP contribution in [0.4, 0.5) is 0 Å². The minimum atomic E-state index is -1.17. The first-order valence-electron chi connectivity index (χ1n) is 12.4. The van der Waals surface area contributed by atoms with Crippen LogP contribution >= 0.6 is 0 Å². The van der Waals surface area contributed by atoms with E-state index in [0.717, 1.165) is 16.7 Å². The molecule has 0 saturated carbocycles. The third kappa shape index (κ3) is 3.13. The summed E-state index contributed by atoms with van der Waals surface area (Å²) in [7, 11) is 0. The summed E-state index contributed by atoms with van der Waals surface area (Å²) in [5.41, 5.74) is 1.03. The van der Waals surface area contributed by atoms with E-state index in [1.54, 1.807) is 0 Å². The van der Waals surface area contributed by atoms with Crippen molar-refractivity contribution in [2.75, 3.05) is 6.61 Å². The number of hydrogen-bond acceptors (Lipinski definition) is 5. The Morgan fingerprint density at radius 1 is 0.800 bits per heavy atom. The van der Waals surface area contributed by atoms with E-state index in [1.165, 1.54) is 0 Å². The van der Waals surface area contributed by atoms with E-state index < -0.39 is 17.1 Å². The van der Waals surface area contributed by atoms with Crippen LogP contribution in [0.1, 0.15) is 57.4 Å². The first-order valence-corrected chi connectivity index (χ1v) is 12.4. The van der Waals surface area contributed by atoms with Crippen LogP contribution in [0.3, 0.4) is 0 Å². The number of ether oxygens (including phenoxy) is 2. The molecular formula is C30H34N2O3. The van der Waals surface area contributed by atoms with Gasteiger partial charge in [0.05, 0.1) is 6.61 Å². The third-order valence-electron chi connectivity index (χ3n) is 7.41. The van der Waals surface area contributed by atoms with E-state index in [0.29, 0.717) is 6.61 Å². The zero-order chi connectivity index (χ0) is 24.5. The molecule has 3 aliphatic rings. The number of fused-ring (bicyclic) bond motifs is 1. The van der Waals surface area contributed by atoms with Crippen molar-refractivity contribution in [2.24, 2.45) is 0 Å². The summed E-state index contributed by atoms with van der Waals surface area (Å²) in [4.78, 5) is 6.93. The summed E-state index contributed by atoms with van der Waals surface area (Å²) in [5, 5.41) is 5.83. The van der Waals surface area contributed by atoms with E-state index in [1.807, 2.05) is 18.2 Å². The van der Waals surface area contributed by atoms with Crippen molar-refractivity contribution in [1.82, 2.24) is 10.4 Å². The molecule has 0 aliphatic carbocycles. The van der Waals surface area contributed by atoms with Crippen molar-refractivity contribution in [3.63, 3.8) is 0 Å². The van der Waals surface area contributed by atoms with Gasteiger partial charge in [-0.3, -0.25) is 5.32 Å². The zero-order valence-electron chi connectivity index (χ0n) is 21.1. The molecule has 3 aliphatic heterocycles. The van der Waals surface area contributed by atoms with Gasteiger partial charge in [0.1, 0.15) is 6.04 Å². The van der Waals surface area contributed by atoms with Crippen LogP contribution in [0.2, 0.25) is 0 Å². The number of hydroxylamine groups is 2. The summed E-state index contributed by atoms with van der Waals surface area (Å²) < 4.78 is 13.9. The van der Waals surface area contributed by atoms with Crippen molar-refractivity contribution in [1.29, 1.82) is 0 Å². The van der Waals surface area contributed by atoms with E-state index in [2.05, 4.69) is 118 Å². The van der Waals surface area contributed by atoms with Gasteiger partial charge < -0.3 is 9.47 Å². The van der Waals surface area contributed by atoms with Crippen LogP contribution in [0.15, 0.2) is 91.0 Å². The van der Waals surface area contributed by atoms with Crippen molar-refractivity contribution in [3.05, 3.63) is 108 Å². The number of nitrogens with one attached hydrogen (secondary N) is 1. The number of benzene rings is 3. The highest BCUT2D eigenvalue weighted by Gasteiger charge is 2.91. The van der Waals surface area contributed by atoms with Crippen molar-refractivity contribution in [3.8, 4) is 0 Å². The highest BCUT2D eigenvalue weighted by molar-refractivity contribution is 5.52. The van der Waals surface area contributed by atoms with Crippen molar-refractivity contribution in [2.45, 2.75) is 68.9 Å². The number of hydrogen-bond donors (Lipinski definition) is 1. The lowest BCUT2D eigenvalue weighted by molar-refractivity contribution is -0.329. The average Bonchev–Trinajstić information content (AvgIpc) is 3.34. The van der Waals surface area contributed by atoms with Gasteiger partial charge in [0.2, 0.25) is 0 Å². The molecule has 3 aromatic rings. The van der Waals surface area contributed by atoms with Crippen molar-refractivity contribution >= 4 is 0 Å². The quantitative estimate of drug-likeness (QED) is 0.510. The fourth-order valence-electron chi connectivity index (χ4n) is 6.01. The van der Waals surface area contributed by atoms with Crippen LogP contribution in [0.5, 0.6) is 0 Å². The van der Waals surface area contributed by atoms with Crippen LogP contribution < -0.4 is 5.32 Å². The summed E-state index contributed by atoms with van der Waals surface area (Å²) in [6.45, 7) is 11.3. The maximum Gasteiger partial charge on any atom is 0.281 e. The average molecular weight is 471 g/mol. The third-order valence-corrected chi connectivity index (χ3v) is 7.41. The van der Waals surface area contributed by atoms with Gasteiger partial charge in [-0.05, 0) is 51.3 Å². The number of nitrogens with zero attached hydrogens (tertiary/aromatic N) is 1. The Kier molecular flexibility index (Phi) is 4.89. The Morgan fingerprint density at radius 2 is 1.31 bits per heavy atom. The topological polar surface area (TPSA) is 46.3 Å². The normalized spacial score (nSPS) is 31.3. The van der Waals surface area contributed by atoms with Gasteiger partial charge in [-0.2, -0.15) is 5.06 Å². The fourth-order valence-corrected chi connectivity index (χ4v) is 6.01. The molecule has 1 N–H and O–H groups in total. The first-order chi connectivity index (χ1) is 16.7. The molecule has 3 aromatic carbocycles.